The van der Waals surface area contributed by atoms with Gasteiger partial charge < -0.3 is 24.8 Å². The number of methoxy groups -OCH3 is 1. The fraction of sp³-hybridized carbons (Fsp3) is 0.300. The molecule has 0 aliphatic rings. The van der Waals surface area contributed by atoms with E-state index in [1.165, 1.54) is 14.0 Å². The number of ether oxygens (including phenoxy) is 2. The van der Waals surface area contributed by atoms with Gasteiger partial charge in [-0.2, -0.15) is 0 Å². The summed E-state index contributed by atoms with van der Waals surface area (Å²) in [6.45, 7) is 5.43. The molecule has 3 rings (SSSR count). The van der Waals surface area contributed by atoms with E-state index in [-0.39, 0.29) is 24.9 Å². The Hall–Kier alpha value is -4.33. The molecule has 0 radical (unpaired) electrons. The molecule has 2 atom stereocenters. The molecule has 0 spiro atoms. The third-order valence-corrected chi connectivity index (χ3v) is 6.21. The molecule has 1 amide bonds. The Morgan fingerprint density at radius 3 is 2.37 bits per heavy atom. The Labute approximate surface area is 223 Å². The molecule has 200 valence electrons. The number of ketones is 1. The van der Waals surface area contributed by atoms with Crippen molar-refractivity contribution in [2.45, 2.75) is 45.7 Å². The van der Waals surface area contributed by atoms with Gasteiger partial charge in [0.1, 0.15) is 17.3 Å². The number of nitrogens with one attached hydrogen (secondary N) is 1. The van der Waals surface area contributed by atoms with Gasteiger partial charge in [-0.1, -0.05) is 42.5 Å². The molecule has 0 heterocycles. The molecule has 3 aromatic carbocycles. The van der Waals surface area contributed by atoms with Gasteiger partial charge in [0, 0.05) is 17.3 Å². The van der Waals surface area contributed by atoms with Crippen LogP contribution in [0.25, 0.3) is 0 Å². The van der Waals surface area contributed by atoms with E-state index in [2.05, 4.69) is 5.32 Å². The number of Topliss-reactive ketones (excluding diaryl/α,β-unsaturated/α-hetero) is 1. The molecular formula is C30H34N2O6. The summed E-state index contributed by atoms with van der Waals surface area (Å²) >= 11 is 0. The molecule has 1 unspecified atom stereocenters. The van der Waals surface area contributed by atoms with E-state index in [0.717, 1.165) is 5.56 Å². The van der Waals surface area contributed by atoms with Crippen molar-refractivity contribution in [1.29, 1.82) is 0 Å². The van der Waals surface area contributed by atoms with Gasteiger partial charge in [0.15, 0.2) is 0 Å². The minimum atomic E-state index is -0.926. The Morgan fingerprint density at radius 1 is 0.974 bits per heavy atom. The maximum absolute atomic E-state index is 12.8. The zero-order chi connectivity index (χ0) is 27.7. The molecular weight excluding hydrogens is 484 g/mol. The average molecular weight is 519 g/mol. The van der Waals surface area contributed by atoms with Crippen LogP contribution in [-0.4, -0.2) is 47.5 Å². The van der Waals surface area contributed by atoms with Gasteiger partial charge in [-0.3, -0.25) is 9.59 Å². The van der Waals surface area contributed by atoms with E-state index in [0.29, 0.717) is 34.7 Å². The van der Waals surface area contributed by atoms with Crippen molar-refractivity contribution in [3.8, 4) is 11.5 Å². The van der Waals surface area contributed by atoms with Crippen LogP contribution in [0, 0.1) is 0 Å². The molecule has 0 aliphatic heterocycles. The first-order chi connectivity index (χ1) is 18.2. The summed E-state index contributed by atoms with van der Waals surface area (Å²) in [4.78, 5) is 37.5. The maximum atomic E-state index is 12.8. The number of hydrogen-bond donors (Lipinski definition) is 2. The zero-order valence-electron chi connectivity index (χ0n) is 22.1. The number of carboxylic acids is 1. The summed E-state index contributed by atoms with van der Waals surface area (Å²) < 4.78 is 11.3. The average Bonchev–Trinajstić information content (AvgIpc) is 2.91. The number of carbonyl (C=O) groups excluding carboxylic acids is 2. The standard InChI is InChI=1S/C30H34N2O6/c1-20(15-23-9-6-5-7-10-23)32(30(36)37-4)19-25-16-26(31-18-21(2)33)13-14-28(25)38-27-12-8-11-24(17-27)22(3)29(34)35/h5-14,16-17,20,22,31H,15,18-19H2,1-4H3,(H,34,35)/t20-,22?/m0/s1. The van der Waals surface area contributed by atoms with Crippen molar-refractivity contribution in [3.05, 3.63) is 89.5 Å². The number of carboxylic acid groups (broad SMARTS) is 1. The molecule has 3 aromatic rings. The number of aliphatic carboxylic acids is 1. The van der Waals surface area contributed by atoms with Crippen molar-refractivity contribution in [2.24, 2.45) is 0 Å². The number of hydrogen-bond acceptors (Lipinski definition) is 6. The zero-order valence-corrected chi connectivity index (χ0v) is 22.1. The molecule has 8 nitrogen and oxygen atoms in total. The lowest BCUT2D eigenvalue weighted by atomic mass is 10.0. The molecule has 0 saturated carbocycles. The van der Waals surface area contributed by atoms with Gasteiger partial charge in [0.05, 0.1) is 26.1 Å². The van der Waals surface area contributed by atoms with Gasteiger partial charge >= 0.3 is 12.1 Å². The Balaban J connectivity index is 1.94. The third kappa shape index (κ3) is 7.83. The van der Waals surface area contributed by atoms with Crippen molar-refractivity contribution in [3.63, 3.8) is 0 Å². The number of benzene rings is 3. The minimum absolute atomic E-state index is 0.0103. The van der Waals surface area contributed by atoms with E-state index < -0.39 is 18.0 Å². The molecule has 0 saturated heterocycles. The van der Waals surface area contributed by atoms with Crippen LogP contribution in [0.3, 0.4) is 0 Å². The van der Waals surface area contributed by atoms with Gasteiger partial charge in [0.2, 0.25) is 0 Å². The van der Waals surface area contributed by atoms with Crippen LogP contribution < -0.4 is 10.1 Å². The maximum Gasteiger partial charge on any atom is 0.410 e. The number of anilines is 1. The fourth-order valence-corrected chi connectivity index (χ4v) is 4.02. The van der Waals surface area contributed by atoms with E-state index in [9.17, 15) is 19.5 Å². The second-order valence-corrected chi connectivity index (χ2v) is 9.25. The first-order valence-corrected chi connectivity index (χ1v) is 12.4. The second kappa shape index (κ2) is 13.3. The van der Waals surface area contributed by atoms with E-state index in [1.54, 1.807) is 48.2 Å². The van der Waals surface area contributed by atoms with Crippen LogP contribution in [0.5, 0.6) is 11.5 Å². The van der Waals surface area contributed by atoms with Crippen LogP contribution in [0.2, 0.25) is 0 Å². The number of rotatable bonds is 12. The van der Waals surface area contributed by atoms with Crippen molar-refractivity contribution in [2.75, 3.05) is 19.0 Å². The molecule has 8 heteroatoms. The van der Waals surface area contributed by atoms with E-state index in [1.807, 2.05) is 43.3 Å². The van der Waals surface area contributed by atoms with Crippen molar-refractivity contribution < 1.29 is 29.0 Å². The fourth-order valence-electron chi connectivity index (χ4n) is 4.02. The highest BCUT2D eigenvalue weighted by Gasteiger charge is 2.24. The predicted octanol–water partition coefficient (Wildman–Crippen LogP) is 5.87. The molecule has 0 bridgehead atoms. The highest BCUT2D eigenvalue weighted by atomic mass is 16.5. The van der Waals surface area contributed by atoms with Crippen LogP contribution in [-0.2, 0) is 27.3 Å². The first kappa shape index (κ1) is 28.2. The van der Waals surface area contributed by atoms with E-state index >= 15 is 0 Å². The summed E-state index contributed by atoms with van der Waals surface area (Å²) in [6.07, 6.45) is 0.155. The lowest BCUT2D eigenvalue weighted by molar-refractivity contribution is -0.138. The van der Waals surface area contributed by atoms with Crippen molar-refractivity contribution in [1.82, 2.24) is 4.90 Å². The lowest BCUT2D eigenvalue weighted by Crippen LogP contribution is -2.39. The number of carbonyl (C=O) groups is 3. The van der Waals surface area contributed by atoms with Crippen LogP contribution in [0.4, 0.5) is 10.5 Å². The van der Waals surface area contributed by atoms with Crippen LogP contribution in [0.15, 0.2) is 72.8 Å². The summed E-state index contributed by atoms with van der Waals surface area (Å²) in [5.74, 6) is -0.652. The summed E-state index contributed by atoms with van der Waals surface area (Å²) in [5, 5.41) is 12.5. The highest BCUT2D eigenvalue weighted by Crippen LogP contribution is 2.31. The monoisotopic (exact) mass is 518 g/mol. The topological polar surface area (TPSA) is 105 Å². The van der Waals surface area contributed by atoms with Gasteiger partial charge in [0.25, 0.3) is 0 Å². The third-order valence-electron chi connectivity index (χ3n) is 6.21. The van der Waals surface area contributed by atoms with Crippen LogP contribution in [0.1, 0.15) is 43.4 Å². The van der Waals surface area contributed by atoms with Gasteiger partial charge in [-0.15, -0.1) is 0 Å². The van der Waals surface area contributed by atoms with Gasteiger partial charge in [-0.05, 0) is 68.7 Å². The SMILES string of the molecule is COC(=O)N(Cc1cc(NCC(C)=O)ccc1Oc1cccc(C(C)C(=O)O)c1)[C@@H](C)Cc1ccccc1. The van der Waals surface area contributed by atoms with Crippen molar-refractivity contribution >= 4 is 23.5 Å². The highest BCUT2D eigenvalue weighted by molar-refractivity contribution is 5.80. The molecule has 0 aliphatic carbocycles. The van der Waals surface area contributed by atoms with E-state index in [4.69, 9.17) is 9.47 Å². The summed E-state index contributed by atoms with van der Waals surface area (Å²) in [5.41, 5.74) is 3.10. The normalized spacial score (nSPS) is 12.2. The number of nitrogens with zero attached hydrogens (tertiary/aromatic N) is 1. The first-order valence-electron chi connectivity index (χ1n) is 12.4. The Bertz CT molecular complexity index is 1260. The second-order valence-electron chi connectivity index (χ2n) is 9.25. The lowest BCUT2D eigenvalue weighted by Gasteiger charge is -2.29. The molecule has 38 heavy (non-hydrogen) atoms. The minimum Gasteiger partial charge on any atom is -0.481 e. The summed E-state index contributed by atoms with van der Waals surface area (Å²) in [7, 11) is 1.35. The predicted molar refractivity (Wildman–Crippen MR) is 146 cm³/mol. The Morgan fingerprint density at radius 2 is 1.71 bits per heavy atom. The molecule has 0 aromatic heterocycles. The smallest absolute Gasteiger partial charge is 0.410 e. The number of amides is 1. The largest absolute Gasteiger partial charge is 0.481 e. The quantitative estimate of drug-likeness (QED) is 0.309. The van der Waals surface area contributed by atoms with Crippen LogP contribution >= 0.6 is 0 Å². The van der Waals surface area contributed by atoms with Gasteiger partial charge in [-0.25, -0.2) is 4.79 Å². The molecule has 2 N–H and O–H groups in total. The summed E-state index contributed by atoms with van der Waals surface area (Å²) in [6, 6.07) is 22.0. The Kier molecular flexibility index (Phi) is 9.87. The molecule has 0 fully saturated rings.